The topological polar surface area (TPSA) is 67.5 Å². The third-order valence-corrected chi connectivity index (χ3v) is 1.47. The molecule has 0 unspecified atom stereocenters. The molecular weight excluding hydrogens is 190 g/mol. The van der Waals surface area contributed by atoms with Crippen molar-refractivity contribution in [3.8, 4) is 0 Å². The van der Waals surface area contributed by atoms with Gasteiger partial charge in [0.15, 0.2) is 0 Å². The zero-order chi connectivity index (χ0) is 9.68. The molecule has 1 aromatic rings. The number of nitrogens with two attached hydrogens (primary N) is 1. The molecular formula is C8H8ClN3O. The number of amides is 2. The smallest absolute Gasteiger partial charge is 0.332 e. The molecule has 3 N–H and O–H groups in total. The molecule has 0 fully saturated rings. The lowest BCUT2D eigenvalue weighted by Gasteiger charge is -1.93. The summed E-state index contributed by atoms with van der Waals surface area (Å²) in [5, 5.41) is 4.19. The van der Waals surface area contributed by atoms with Crippen LogP contribution in [0.25, 0.3) is 0 Å². The van der Waals surface area contributed by atoms with Crippen LogP contribution >= 0.6 is 11.6 Å². The van der Waals surface area contributed by atoms with Crippen molar-refractivity contribution in [2.24, 2.45) is 10.8 Å². The van der Waals surface area contributed by atoms with Crippen LogP contribution in [0.1, 0.15) is 5.56 Å². The van der Waals surface area contributed by atoms with Gasteiger partial charge in [-0.15, -0.1) is 0 Å². The van der Waals surface area contributed by atoms with E-state index in [9.17, 15) is 4.79 Å². The Labute approximate surface area is 80.4 Å². The van der Waals surface area contributed by atoms with Gasteiger partial charge in [0, 0.05) is 5.02 Å². The molecule has 1 rings (SSSR count). The largest absolute Gasteiger partial charge is 0.350 e. The molecule has 0 aromatic heterocycles. The van der Waals surface area contributed by atoms with E-state index in [4.69, 9.17) is 17.3 Å². The van der Waals surface area contributed by atoms with Gasteiger partial charge < -0.3 is 5.73 Å². The number of carbonyl (C=O) groups is 1. The summed E-state index contributed by atoms with van der Waals surface area (Å²) in [7, 11) is 0. The average molecular weight is 198 g/mol. The van der Waals surface area contributed by atoms with Crippen molar-refractivity contribution in [1.82, 2.24) is 5.43 Å². The van der Waals surface area contributed by atoms with Crippen molar-refractivity contribution in [1.29, 1.82) is 0 Å². The maximum atomic E-state index is 10.2. The highest BCUT2D eigenvalue weighted by Gasteiger charge is 1.89. The van der Waals surface area contributed by atoms with Gasteiger partial charge >= 0.3 is 6.03 Å². The molecule has 5 heteroatoms. The Balaban J connectivity index is 2.63. The third-order valence-electron chi connectivity index (χ3n) is 1.24. The highest BCUT2D eigenvalue weighted by molar-refractivity contribution is 6.30. The first kappa shape index (κ1) is 9.54. The van der Waals surface area contributed by atoms with E-state index in [1.54, 1.807) is 24.3 Å². The summed E-state index contributed by atoms with van der Waals surface area (Å²) in [6.07, 6.45) is 1.46. The van der Waals surface area contributed by atoms with E-state index < -0.39 is 6.03 Å². The highest BCUT2D eigenvalue weighted by atomic mass is 35.5. The fraction of sp³-hybridized carbons (Fsp3) is 0. The van der Waals surface area contributed by atoms with Gasteiger partial charge in [0.05, 0.1) is 6.21 Å². The number of hydrazone groups is 1. The van der Waals surface area contributed by atoms with Crippen LogP contribution in [-0.4, -0.2) is 12.2 Å². The van der Waals surface area contributed by atoms with Gasteiger partial charge in [-0.3, -0.25) is 0 Å². The minimum Gasteiger partial charge on any atom is -0.350 e. The van der Waals surface area contributed by atoms with Gasteiger partial charge in [-0.1, -0.05) is 23.7 Å². The summed E-state index contributed by atoms with van der Waals surface area (Å²) in [5.41, 5.74) is 7.67. The van der Waals surface area contributed by atoms with Crippen LogP contribution in [0.4, 0.5) is 4.79 Å². The van der Waals surface area contributed by atoms with Crippen LogP contribution in [0, 0.1) is 0 Å². The summed E-state index contributed by atoms with van der Waals surface area (Å²) in [4.78, 5) is 10.2. The molecule has 68 valence electrons. The first-order chi connectivity index (χ1) is 6.18. The molecule has 2 amide bonds. The molecule has 0 radical (unpaired) electrons. The lowest BCUT2D eigenvalue weighted by molar-refractivity contribution is 0.249. The first-order valence-electron chi connectivity index (χ1n) is 3.52. The fourth-order valence-electron chi connectivity index (χ4n) is 0.757. The third kappa shape index (κ3) is 3.57. The van der Waals surface area contributed by atoms with Crippen molar-refractivity contribution in [2.75, 3.05) is 0 Å². The molecule has 0 heterocycles. The predicted molar refractivity (Wildman–Crippen MR) is 51.8 cm³/mol. The highest BCUT2D eigenvalue weighted by Crippen LogP contribution is 2.08. The van der Waals surface area contributed by atoms with E-state index in [1.807, 2.05) is 0 Å². The lowest BCUT2D eigenvalue weighted by Crippen LogP contribution is -2.24. The van der Waals surface area contributed by atoms with Crippen LogP contribution in [0.2, 0.25) is 5.02 Å². The molecule has 0 spiro atoms. The van der Waals surface area contributed by atoms with E-state index >= 15 is 0 Å². The van der Waals surface area contributed by atoms with Crippen molar-refractivity contribution >= 4 is 23.8 Å². The Bertz CT molecular complexity index is 338. The SMILES string of the molecule is NC(=O)NN=Cc1cccc(Cl)c1. The molecule has 1 aromatic carbocycles. The van der Waals surface area contributed by atoms with Crippen molar-refractivity contribution in [2.45, 2.75) is 0 Å². The van der Waals surface area contributed by atoms with Crippen molar-refractivity contribution in [3.05, 3.63) is 34.9 Å². The molecule has 0 bridgehead atoms. The molecule has 4 nitrogen and oxygen atoms in total. The van der Waals surface area contributed by atoms with E-state index in [1.165, 1.54) is 6.21 Å². The number of carbonyl (C=O) groups excluding carboxylic acids is 1. The number of hydrogen-bond acceptors (Lipinski definition) is 2. The predicted octanol–water partition coefficient (Wildman–Crippen LogP) is 1.34. The van der Waals surface area contributed by atoms with Crippen LogP contribution in [0.3, 0.4) is 0 Å². The second-order valence-corrected chi connectivity index (χ2v) is 2.73. The molecule has 0 aliphatic rings. The standard InChI is InChI=1S/C8H8ClN3O/c9-7-3-1-2-6(4-7)5-11-12-8(10)13/h1-5H,(H3,10,12,13). The van der Waals surface area contributed by atoms with E-state index in [-0.39, 0.29) is 0 Å². The first-order valence-corrected chi connectivity index (χ1v) is 3.90. The monoisotopic (exact) mass is 197 g/mol. The minimum absolute atomic E-state index is 0.614. The number of hydrogen-bond donors (Lipinski definition) is 2. The van der Waals surface area contributed by atoms with Gasteiger partial charge in [-0.05, 0) is 17.7 Å². The number of urea groups is 1. The van der Waals surface area contributed by atoms with Gasteiger partial charge in [-0.25, -0.2) is 10.2 Å². The number of nitrogens with zero attached hydrogens (tertiary/aromatic N) is 1. The maximum Gasteiger partial charge on any atom is 0.332 e. The lowest BCUT2D eigenvalue weighted by atomic mass is 10.2. The molecule has 13 heavy (non-hydrogen) atoms. The Kier molecular flexibility index (Phi) is 3.28. The minimum atomic E-state index is -0.696. The molecule has 0 aliphatic heterocycles. The van der Waals surface area contributed by atoms with Gasteiger partial charge in [-0.2, -0.15) is 5.10 Å². The van der Waals surface area contributed by atoms with Crippen LogP contribution < -0.4 is 11.2 Å². The Morgan fingerprint density at radius 3 is 3.00 bits per heavy atom. The Morgan fingerprint density at radius 2 is 2.38 bits per heavy atom. The molecule has 0 saturated carbocycles. The quantitative estimate of drug-likeness (QED) is 0.545. The summed E-state index contributed by atoms with van der Waals surface area (Å²) in [5.74, 6) is 0. The molecule has 0 saturated heterocycles. The fourth-order valence-corrected chi connectivity index (χ4v) is 0.956. The number of primary amides is 1. The number of halogens is 1. The van der Waals surface area contributed by atoms with Crippen molar-refractivity contribution < 1.29 is 4.79 Å². The van der Waals surface area contributed by atoms with E-state index in [2.05, 4.69) is 10.5 Å². The summed E-state index contributed by atoms with van der Waals surface area (Å²) < 4.78 is 0. The van der Waals surface area contributed by atoms with Gasteiger partial charge in [0.2, 0.25) is 0 Å². The number of benzene rings is 1. The van der Waals surface area contributed by atoms with E-state index in [0.717, 1.165) is 5.56 Å². The summed E-state index contributed by atoms with van der Waals surface area (Å²) >= 11 is 5.71. The molecule has 0 aliphatic carbocycles. The maximum absolute atomic E-state index is 10.2. The zero-order valence-corrected chi connectivity index (χ0v) is 7.45. The second kappa shape index (κ2) is 4.47. The Morgan fingerprint density at radius 1 is 1.62 bits per heavy atom. The Hall–Kier alpha value is -1.55. The summed E-state index contributed by atoms with van der Waals surface area (Å²) in [6.45, 7) is 0. The van der Waals surface area contributed by atoms with Crippen molar-refractivity contribution in [3.63, 3.8) is 0 Å². The zero-order valence-electron chi connectivity index (χ0n) is 6.70. The van der Waals surface area contributed by atoms with E-state index in [0.29, 0.717) is 5.02 Å². The second-order valence-electron chi connectivity index (χ2n) is 2.29. The van der Waals surface area contributed by atoms with Gasteiger partial charge in [0.25, 0.3) is 0 Å². The normalized spacial score (nSPS) is 10.2. The van der Waals surface area contributed by atoms with Crippen LogP contribution in [0.5, 0.6) is 0 Å². The van der Waals surface area contributed by atoms with Crippen LogP contribution in [0.15, 0.2) is 29.4 Å². The number of rotatable bonds is 2. The number of nitrogens with one attached hydrogen (secondary N) is 1. The van der Waals surface area contributed by atoms with Gasteiger partial charge in [0.1, 0.15) is 0 Å². The summed E-state index contributed by atoms with van der Waals surface area (Å²) in [6, 6.07) is 6.36. The average Bonchev–Trinajstić information content (AvgIpc) is 2.03. The van der Waals surface area contributed by atoms with Crippen LogP contribution in [-0.2, 0) is 0 Å². The molecule has 0 atom stereocenters.